The van der Waals surface area contributed by atoms with Crippen LogP contribution in [0, 0.1) is 6.92 Å². The summed E-state index contributed by atoms with van der Waals surface area (Å²) >= 11 is 0. The number of methoxy groups -OCH3 is 1. The molecule has 1 fully saturated rings. The van der Waals surface area contributed by atoms with Gasteiger partial charge in [0.2, 0.25) is 0 Å². The van der Waals surface area contributed by atoms with Gasteiger partial charge in [-0.3, -0.25) is 4.72 Å². The van der Waals surface area contributed by atoms with Gasteiger partial charge >= 0.3 is 0 Å². The minimum Gasteiger partial charge on any atom is -0.496 e. The lowest BCUT2D eigenvalue weighted by molar-refractivity contribution is 0.120. The lowest BCUT2D eigenvalue weighted by Gasteiger charge is -2.12. The summed E-state index contributed by atoms with van der Waals surface area (Å²) in [7, 11) is -2.21. The van der Waals surface area contributed by atoms with E-state index in [4.69, 9.17) is 9.47 Å². The normalized spacial score (nSPS) is 17.1. The quantitative estimate of drug-likeness (QED) is 0.761. The molecule has 2 N–H and O–H groups in total. The average Bonchev–Trinajstić information content (AvgIpc) is 3.14. The van der Waals surface area contributed by atoms with Crippen molar-refractivity contribution in [3.8, 4) is 5.75 Å². The maximum Gasteiger partial charge on any atom is 0.263 e. The Hall–Kier alpha value is -2.39. The lowest BCUT2D eigenvalue weighted by Crippen LogP contribution is -2.19. The van der Waals surface area contributed by atoms with Gasteiger partial charge in [0.1, 0.15) is 11.6 Å². The van der Waals surface area contributed by atoms with E-state index < -0.39 is 10.0 Å². The molecule has 9 heteroatoms. The summed E-state index contributed by atoms with van der Waals surface area (Å²) in [6, 6.07) is 7.90. The van der Waals surface area contributed by atoms with Crippen LogP contribution in [-0.2, 0) is 14.8 Å². The van der Waals surface area contributed by atoms with Crippen molar-refractivity contribution in [3.63, 3.8) is 0 Å². The zero-order chi connectivity index (χ0) is 18.6. The second-order valence-corrected chi connectivity index (χ2v) is 7.74. The van der Waals surface area contributed by atoms with E-state index in [0.29, 0.717) is 18.1 Å². The van der Waals surface area contributed by atoms with Gasteiger partial charge in [-0.1, -0.05) is 0 Å². The third-order valence-corrected chi connectivity index (χ3v) is 5.47. The minimum atomic E-state index is -3.75. The fraction of sp³-hybridized carbons (Fsp3) is 0.412. The van der Waals surface area contributed by atoms with Crippen LogP contribution in [0.25, 0.3) is 0 Å². The molecule has 1 unspecified atom stereocenters. The molecule has 0 bridgehead atoms. The SMILES string of the molecule is COc1ccc(S(=O)(=O)Nc2ccc(NCC3CCCO3)nn2)cc1C. The van der Waals surface area contributed by atoms with Crippen molar-refractivity contribution in [2.45, 2.75) is 30.8 Å². The van der Waals surface area contributed by atoms with Crippen LogP contribution in [0.5, 0.6) is 5.75 Å². The van der Waals surface area contributed by atoms with Gasteiger partial charge < -0.3 is 14.8 Å². The van der Waals surface area contributed by atoms with E-state index in [1.807, 2.05) is 0 Å². The first-order valence-corrected chi connectivity index (χ1v) is 9.83. The Kier molecular flexibility index (Phi) is 5.58. The first kappa shape index (κ1) is 18.4. The Bertz CT molecular complexity index is 850. The molecule has 0 amide bonds. The summed E-state index contributed by atoms with van der Waals surface area (Å²) in [5.74, 6) is 1.36. The van der Waals surface area contributed by atoms with Crippen molar-refractivity contribution in [2.75, 3.05) is 30.3 Å². The van der Waals surface area contributed by atoms with Crippen LogP contribution in [0.3, 0.4) is 0 Å². The molecule has 3 rings (SSSR count). The smallest absolute Gasteiger partial charge is 0.263 e. The first-order chi connectivity index (χ1) is 12.5. The Labute approximate surface area is 153 Å². The number of nitrogens with one attached hydrogen (secondary N) is 2. The fourth-order valence-electron chi connectivity index (χ4n) is 2.72. The highest BCUT2D eigenvalue weighted by Gasteiger charge is 2.17. The topological polar surface area (TPSA) is 102 Å². The molecule has 1 aliphatic heterocycles. The first-order valence-electron chi connectivity index (χ1n) is 8.34. The monoisotopic (exact) mass is 378 g/mol. The van der Waals surface area contributed by atoms with Crippen LogP contribution in [0.4, 0.5) is 11.6 Å². The van der Waals surface area contributed by atoms with Crippen molar-refractivity contribution in [2.24, 2.45) is 0 Å². The summed E-state index contributed by atoms with van der Waals surface area (Å²) in [6.45, 7) is 3.24. The number of hydrogen-bond acceptors (Lipinski definition) is 7. The third-order valence-electron chi connectivity index (χ3n) is 4.11. The Balaban J connectivity index is 1.64. The third kappa shape index (κ3) is 4.41. The molecule has 8 nitrogen and oxygen atoms in total. The summed E-state index contributed by atoms with van der Waals surface area (Å²) < 4.78 is 38.1. The van der Waals surface area contributed by atoms with Gasteiger partial charge in [-0.2, -0.15) is 0 Å². The Morgan fingerprint density at radius 3 is 2.62 bits per heavy atom. The van der Waals surface area contributed by atoms with Crippen LogP contribution in [0.1, 0.15) is 18.4 Å². The van der Waals surface area contributed by atoms with E-state index in [-0.39, 0.29) is 16.8 Å². The molecule has 0 aliphatic carbocycles. The van der Waals surface area contributed by atoms with E-state index in [1.165, 1.54) is 6.07 Å². The van der Waals surface area contributed by atoms with E-state index in [1.54, 1.807) is 38.3 Å². The van der Waals surface area contributed by atoms with Gasteiger partial charge in [-0.15, -0.1) is 10.2 Å². The predicted molar refractivity (Wildman–Crippen MR) is 98.0 cm³/mol. The summed E-state index contributed by atoms with van der Waals surface area (Å²) in [4.78, 5) is 0.137. The highest BCUT2D eigenvalue weighted by Crippen LogP contribution is 2.22. The van der Waals surface area contributed by atoms with Gasteiger partial charge in [-0.05, 0) is 55.7 Å². The van der Waals surface area contributed by atoms with Gasteiger partial charge in [0.25, 0.3) is 10.0 Å². The predicted octanol–water partition coefficient (Wildman–Crippen LogP) is 2.19. The molecule has 1 aromatic carbocycles. The van der Waals surface area contributed by atoms with Crippen LogP contribution >= 0.6 is 0 Å². The van der Waals surface area contributed by atoms with E-state index in [2.05, 4.69) is 20.2 Å². The number of hydrogen-bond donors (Lipinski definition) is 2. The van der Waals surface area contributed by atoms with Crippen molar-refractivity contribution in [1.29, 1.82) is 0 Å². The van der Waals surface area contributed by atoms with E-state index in [9.17, 15) is 8.42 Å². The van der Waals surface area contributed by atoms with Gasteiger partial charge in [0.05, 0.1) is 18.1 Å². The maximum absolute atomic E-state index is 12.5. The molecule has 0 saturated carbocycles. The molecule has 26 heavy (non-hydrogen) atoms. The molecule has 0 spiro atoms. The van der Waals surface area contributed by atoms with Crippen molar-refractivity contribution < 1.29 is 17.9 Å². The molecule has 1 saturated heterocycles. The highest BCUT2D eigenvalue weighted by molar-refractivity contribution is 7.92. The molecule has 1 aliphatic rings. The molecular weight excluding hydrogens is 356 g/mol. The number of nitrogens with zero attached hydrogens (tertiary/aromatic N) is 2. The number of aromatic nitrogens is 2. The zero-order valence-electron chi connectivity index (χ0n) is 14.7. The Morgan fingerprint density at radius 2 is 2.00 bits per heavy atom. The van der Waals surface area contributed by atoms with Crippen LogP contribution in [-0.4, -0.2) is 45.0 Å². The molecule has 0 radical (unpaired) electrons. The molecule has 2 aromatic rings. The summed E-state index contributed by atoms with van der Waals surface area (Å²) in [5, 5.41) is 11.1. The summed E-state index contributed by atoms with van der Waals surface area (Å²) in [6.07, 6.45) is 2.29. The van der Waals surface area contributed by atoms with Gasteiger partial charge in [0.15, 0.2) is 5.82 Å². The lowest BCUT2D eigenvalue weighted by atomic mass is 10.2. The molecule has 140 valence electrons. The number of sulfonamides is 1. The van der Waals surface area contributed by atoms with E-state index >= 15 is 0 Å². The maximum atomic E-state index is 12.5. The second kappa shape index (κ2) is 7.88. The minimum absolute atomic E-state index is 0.137. The van der Waals surface area contributed by atoms with Crippen LogP contribution in [0.2, 0.25) is 0 Å². The molecular formula is C17H22N4O4S. The largest absolute Gasteiger partial charge is 0.496 e. The number of anilines is 2. The molecule has 2 heterocycles. The van der Waals surface area contributed by atoms with Crippen molar-refractivity contribution >= 4 is 21.7 Å². The van der Waals surface area contributed by atoms with Crippen molar-refractivity contribution in [1.82, 2.24) is 10.2 Å². The zero-order valence-corrected chi connectivity index (χ0v) is 15.5. The number of rotatable bonds is 7. The number of benzene rings is 1. The standard InChI is InChI=1S/C17H22N4O4S/c1-12-10-14(5-6-15(12)24-2)26(22,23)21-17-8-7-16(19-20-17)18-11-13-4-3-9-25-13/h5-8,10,13H,3-4,9,11H2,1-2H3,(H,18,19)(H,20,21). The summed E-state index contributed by atoms with van der Waals surface area (Å²) in [5.41, 5.74) is 0.732. The average molecular weight is 378 g/mol. The molecule has 1 aromatic heterocycles. The second-order valence-electron chi connectivity index (χ2n) is 6.06. The Morgan fingerprint density at radius 1 is 1.23 bits per heavy atom. The molecule has 1 atom stereocenters. The van der Waals surface area contributed by atoms with Crippen LogP contribution in [0.15, 0.2) is 35.2 Å². The van der Waals surface area contributed by atoms with E-state index in [0.717, 1.165) is 25.0 Å². The highest BCUT2D eigenvalue weighted by atomic mass is 32.2. The number of ether oxygens (including phenoxy) is 2. The number of aryl methyl sites for hydroxylation is 1. The van der Waals surface area contributed by atoms with Crippen LogP contribution < -0.4 is 14.8 Å². The van der Waals surface area contributed by atoms with Crippen molar-refractivity contribution in [3.05, 3.63) is 35.9 Å². The van der Waals surface area contributed by atoms with Gasteiger partial charge in [-0.25, -0.2) is 8.42 Å². The fourth-order valence-corrected chi connectivity index (χ4v) is 3.80. The van der Waals surface area contributed by atoms with Gasteiger partial charge in [0, 0.05) is 13.2 Å².